The summed E-state index contributed by atoms with van der Waals surface area (Å²) in [5, 5.41) is 10.7. The van der Waals surface area contributed by atoms with Crippen LogP contribution in [0.1, 0.15) is 16.1 Å². The van der Waals surface area contributed by atoms with E-state index in [0.717, 1.165) is 10.1 Å². The zero-order valence-electron chi connectivity index (χ0n) is 12.8. The molecule has 0 bridgehead atoms. The van der Waals surface area contributed by atoms with E-state index < -0.39 is 16.0 Å². The fourth-order valence-electron chi connectivity index (χ4n) is 2.27. The quantitative estimate of drug-likeness (QED) is 0.761. The molecule has 1 N–H and O–H groups in total. The summed E-state index contributed by atoms with van der Waals surface area (Å²) in [5.74, 6) is -0.743. The molecule has 2 rings (SSSR count). The Kier molecular flexibility index (Phi) is 5.07. The second kappa shape index (κ2) is 6.84. The van der Waals surface area contributed by atoms with Crippen molar-refractivity contribution in [2.75, 3.05) is 13.7 Å². The third-order valence-electron chi connectivity index (χ3n) is 3.44. The van der Waals surface area contributed by atoms with Crippen molar-refractivity contribution >= 4 is 16.0 Å². The number of methoxy groups -OCH3 is 1. The van der Waals surface area contributed by atoms with Gasteiger partial charge in [0.25, 0.3) is 10.0 Å². The van der Waals surface area contributed by atoms with Crippen molar-refractivity contribution in [1.29, 1.82) is 0 Å². The van der Waals surface area contributed by atoms with Crippen LogP contribution in [0.5, 0.6) is 5.75 Å². The highest BCUT2D eigenvalue weighted by Gasteiger charge is 2.19. The fourth-order valence-corrected chi connectivity index (χ4v) is 3.50. The van der Waals surface area contributed by atoms with Gasteiger partial charge >= 0.3 is 0 Å². The standard InChI is InChI=1S/C15H18N2O5S/c1-17-12(15(18)19)7-8-14(17)23(20,21)16-10-9-11-5-3-4-6-13(11)22-2/h3-8,16H,9-10H2,1-2H3,(H,18,19)/p-1. The third kappa shape index (κ3) is 3.72. The van der Waals surface area contributed by atoms with Crippen LogP contribution in [0.4, 0.5) is 0 Å². The summed E-state index contributed by atoms with van der Waals surface area (Å²) in [6.07, 6.45) is 0.445. The molecule has 0 saturated carbocycles. The van der Waals surface area contributed by atoms with Crippen molar-refractivity contribution in [2.24, 2.45) is 7.05 Å². The first-order chi connectivity index (χ1) is 10.9. The smallest absolute Gasteiger partial charge is 0.256 e. The van der Waals surface area contributed by atoms with E-state index in [-0.39, 0.29) is 17.3 Å². The van der Waals surface area contributed by atoms with Gasteiger partial charge in [0.05, 0.1) is 18.8 Å². The van der Waals surface area contributed by atoms with Crippen molar-refractivity contribution in [2.45, 2.75) is 11.4 Å². The van der Waals surface area contributed by atoms with E-state index in [1.54, 1.807) is 13.2 Å². The maximum absolute atomic E-state index is 12.3. The molecule has 0 spiro atoms. The van der Waals surface area contributed by atoms with Gasteiger partial charge in [-0.15, -0.1) is 0 Å². The van der Waals surface area contributed by atoms with Crippen molar-refractivity contribution < 1.29 is 23.1 Å². The van der Waals surface area contributed by atoms with E-state index in [2.05, 4.69) is 4.72 Å². The van der Waals surface area contributed by atoms with E-state index in [4.69, 9.17) is 4.74 Å². The van der Waals surface area contributed by atoms with Crippen LogP contribution < -0.4 is 14.6 Å². The average Bonchev–Trinajstić information content (AvgIpc) is 2.90. The molecule has 7 nitrogen and oxygen atoms in total. The molecule has 0 amide bonds. The topological polar surface area (TPSA) is 100 Å². The SMILES string of the molecule is COc1ccccc1CCNS(=O)(=O)c1ccc(C(=O)[O-])n1C. The molecule has 23 heavy (non-hydrogen) atoms. The number of carbonyl (C=O) groups is 1. The molecule has 124 valence electrons. The number of rotatable bonds is 7. The van der Waals surface area contributed by atoms with E-state index in [9.17, 15) is 18.3 Å². The number of benzene rings is 1. The van der Waals surface area contributed by atoms with Crippen LogP contribution in [0.15, 0.2) is 41.4 Å². The number of carboxylic acids is 1. The van der Waals surface area contributed by atoms with Gasteiger partial charge in [-0.05, 0) is 30.2 Å². The molecule has 0 atom stereocenters. The van der Waals surface area contributed by atoms with Gasteiger partial charge in [0.1, 0.15) is 5.75 Å². The molecular formula is C15H17N2O5S-. The van der Waals surface area contributed by atoms with Crippen molar-refractivity contribution in [1.82, 2.24) is 9.29 Å². The van der Waals surface area contributed by atoms with Crippen molar-refractivity contribution in [3.05, 3.63) is 47.7 Å². The number of nitrogens with zero attached hydrogens (tertiary/aromatic N) is 1. The van der Waals surface area contributed by atoms with Crippen molar-refractivity contribution in [3.8, 4) is 5.75 Å². The first kappa shape index (κ1) is 17.0. The Morgan fingerprint density at radius 2 is 1.96 bits per heavy atom. The molecule has 0 radical (unpaired) electrons. The molecule has 8 heteroatoms. The number of aromatic carboxylic acids is 1. The number of nitrogens with one attached hydrogen (secondary N) is 1. The van der Waals surface area contributed by atoms with Gasteiger partial charge in [-0.25, -0.2) is 13.1 Å². The summed E-state index contributed by atoms with van der Waals surface area (Å²) >= 11 is 0. The highest BCUT2D eigenvalue weighted by Crippen LogP contribution is 2.18. The molecular weight excluding hydrogens is 320 g/mol. The number of sulfonamides is 1. The summed E-state index contributed by atoms with van der Waals surface area (Å²) in [7, 11) is -0.901. The zero-order valence-corrected chi connectivity index (χ0v) is 13.6. The monoisotopic (exact) mass is 337 g/mol. The third-order valence-corrected chi connectivity index (χ3v) is 4.98. The Hall–Kier alpha value is -2.32. The highest BCUT2D eigenvalue weighted by atomic mass is 32.2. The molecule has 0 aliphatic carbocycles. The minimum absolute atomic E-state index is 0.128. The molecule has 0 saturated heterocycles. The molecule has 1 heterocycles. The maximum Gasteiger partial charge on any atom is 0.256 e. The van der Waals surface area contributed by atoms with Gasteiger partial charge in [-0.2, -0.15) is 0 Å². The van der Waals surface area contributed by atoms with Crippen LogP contribution in [0, 0.1) is 0 Å². The summed E-state index contributed by atoms with van der Waals surface area (Å²) in [6, 6.07) is 9.76. The molecule has 0 fully saturated rings. The lowest BCUT2D eigenvalue weighted by atomic mass is 10.1. The first-order valence-corrected chi connectivity index (χ1v) is 8.33. The number of carboxylic acid groups (broad SMARTS) is 1. The van der Waals surface area contributed by atoms with E-state index in [0.29, 0.717) is 12.2 Å². The van der Waals surface area contributed by atoms with Crippen LogP contribution >= 0.6 is 0 Å². The summed E-state index contributed by atoms with van der Waals surface area (Å²) in [4.78, 5) is 10.9. The maximum atomic E-state index is 12.3. The van der Waals surface area contributed by atoms with Crippen LogP contribution in [-0.4, -0.2) is 32.6 Å². The van der Waals surface area contributed by atoms with E-state index in [1.807, 2.05) is 18.2 Å². The second-order valence-corrected chi connectivity index (χ2v) is 6.58. The van der Waals surface area contributed by atoms with Crippen LogP contribution in [0.25, 0.3) is 0 Å². The van der Waals surface area contributed by atoms with Gasteiger partial charge in [0, 0.05) is 13.6 Å². The molecule has 0 unspecified atom stereocenters. The van der Waals surface area contributed by atoms with E-state index in [1.165, 1.54) is 19.2 Å². The predicted octanol–water partition coefficient (Wildman–Crippen LogP) is -0.0818. The predicted molar refractivity (Wildman–Crippen MR) is 81.6 cm³/mol. The summed E-state index contributed by atoms with van der Waals surface area (Å²) in [5.41, 5.74) is 0.676. The minimum Gasteiger partial charge on any atom is -0.543 e. The lowest BCUT2D eigenvalue weighted by Crippen LogP contribution is -2.29. The number of ether oxygens (including phenoxy) is 1. The molecule has 0 aliphatic heterocycles. The Morgan fingerprint density at radius 3 is 2.57 bits per heavy atom. The minimum atomic E-state index is -3.81. The zero-order chi connectivity index (χ0) is 17.0. The van der Waals surface area contributed by atoms with Gasteiger partial charge in [0.2, 0.25) is 0 Å². The van der Waals surface area contributed by atoms with E-state index >= 15 is 0 Å². The Balaban J connectivity index is 2.09. The lowest BCUT2D eigenvalue weighted by molar-refractivity contribution is -0.255. The van der Waals surface area contributed by atoms with Gasteiger partial charge in [-0.3, -0.25) is 0 Å². The average molecular weight is 337 g/mol. The number of hydrogen-bond donors (Lipinski definition) is 1. The Labute approximate surface area is 134 Å². The number of carbonyl (C=O) groups excluding carboxylic acids is 1. The molecule has 2 aromatic rings. The largest absolute Gasteiger partial charge is 0.543 e. The number of hydrogen-bond acceptors (Lipinski definition) is 5. The van der Waals surface area contributed by atoms with Gasteiger partial charge < -0.3 is 19.2 Å². The van der Waals surface area contributed by atoms with Crippen LogP contribution in [0.3, 0.4) is 0 Å². The van der Waals surface area contributed by atoms with Crippen LogP contribution in [-0.2, 0) is 23.5 Å². The first-order valence-electron chi connectivity index (χ1n) is 6.85. The Morgan fingerprint density at radius 1 is 1.26 bits per heavy atom. The lowest BCUT2D eigenvalue weighted by Gasteiger charge is -2.11. The molecule has 0 aliphatic rings. The normalized spacial score (nSPS) is 11.4. The molecule has 1 aromatic carbocycles. The van der Waals surface area contributed by atoms with Crippen LogP contribution in [0.2, 0.25) is 0 Å². The van der Waals surface area contributed by atoms with Gasteiger partial charge in [0.15, 0.2) is 5.03 Å². The second-order valence-electron chi connectivity index (χ2n) is 4.86. The number of aromatic nitrogens is 1. The summed E-state index contributed by atoms with van der Waals surface area (Å²) < 4.78 is 33.2. The fraction of sp³-hybridized carbons (Fsp3) is 0.267. The van der Waals surface area contributed by atoms with Crippen molar-refractivity contribution in [3.63, 3.8) is 0 Å². The Bertz CT molecular complexity index is 811. The highest BCUT2D eigenvalue weighted by molar-refractivity contribution is 7.89. The van der Waals surface area contributed by atoms with Gasteiger partial charge in [-0.1, -0.05) is 18.2 Å². The summed E-state index contributed by atoms with van der Waals surface area (Å²) in [6.45, 7) is 0.161. The number of para-hydroxylation sites is 1. The molecule has 1 aromatic heterocycles.